The molecule has 2 N–H and O–H groups in total. The second-order valence-corrected chi connectivity index (χ2v) is 4.39. The predicted octanol–water partition coefficient (Wildman–Crippen LogP) is 2.42. The first-order valence-corrected chi connectivity index (χ1v) is 5.91. The normalized spacial score (nSPS) is 16.0. The number of aromatic nitrogens is 1. The molecule has 0 atom stereocenters. The van der Waals surface area contributed by atoms with Crippen LogP contribution in [0.1, 0.15) is 5.56 Å². The molecule has 0 bridgehead atoms. The van der Waals surface area contributed by atoms with Crippen molar-refractivity contribution in [2.45, 2.75) is 6.54 Å². The maximum atomic E-state index is 3.38. The maximum Gasteiger partial charge on any atom is 0.0499 e. The van der Waals surface area contributed by atoms with Crippen molar-refractivity contribution in [3.8, 4) is 0 Å². The lowest BCUT2D eigenvalue weighted by atomic mass is 10.1. The van der Waals surface area contributed by atoms with Crippen LogP contribution in [-0.2, 0) is 6.54 Å². The second kappa shape index (κ2) is 7.00. The molecule has 1 aliphatic rings. The number of nitrogens with one attached hydrogen (secondary N) is 2. The van der Waals surface area contributed by atoms with Crippen LogP contribution in [-0.4, -0.2) is 36.1 Å². The van der Waals surface area contributed by atoms with E-state index in [1.165, 1.54) is 16.5 Å². The Morgan fingerprint density at radius 1 is 1.06 bits per heavy atom. The molecule has 5 heteroatoms. The van der Waals surface area contributed by atoms with E-state index < -0.39 is 0 Å². The molecule has 3 nitrogen and oxygen atoms in total. The standard InChI is InChI=1S/C13H17N3.2ClH/c1-2-11-4-5-15-13(11)12(3-1)10-16-8-6-14-7-9-16;;/h1-5,14-15H,6-10H2;2*1H. The number of rotatable bonds is 2. The van der Waals surface area contributed by atoms with Gasteiger partial charge < -0.3 is 10.3 Å². The molecule has 1 aromatic carbocycles. The molecule has 18 heavy (non-hydrogen) atoms. The van der Waals surface area contributed by atoms with Gasteiger partial charge in [-0.05, 0) is 17.0 Å². The van der Waals surface area contributed by atoms with E-state index >= 15 is 0 Å². The fourth-order valence-electron chi connectivity index (χ4n) is 2.39. The fraction of sp³-hybridized carbons (Fsp3) is 0.385. The molecular formula is C13H19Cl2N3. The number of halogens is 2. The van der Waals surface area contributed by atoms with Gasteiger partial charge in [0.1, 0.15) is 0 Å². The molecule has 100 valence electrons. The highest BCUT2D eigenvalue weighted by Crippen LogP contribution is 2.18. The zero-order chi connectivity index (χ0) is 10.8. The highest BCUT2D eigenvalue weighted by molar-refractivity contribution is 5.85. The van der Waals surface area contributed by atoms with Crippen LogP contribution in [0.25, 0.3) is 10.9 Å². The van der Waals surface area contributed by atoms with Gasteiger partial charge in [0.2, 0.25) is 0 Å². The van der Waals surface area contributed by atoms with Gasteiger partial charge in [-0.1, -0.05) is 18.2 Å². The molecule has 0 unspecified atom stereocenters. The van der Waals surface area contributed by atoms with Crippen molar-refractivity contribution < 1.29 is 0 Å². The largest absolute Gasteiger partial charge is 0.361 e. The lowest BCUT2D eigenvalue weighted by molar-refractivity contribution is 0.234. The first kappa shape index (κ1) is 15.3. The average Bonchev–Trinajstić information content (AvgIpc) is 2.80. The zero-order valence-corrected chi connectivity index (χ0v) is 11.8. The molecular weight excluding hydrogens is 269 g/mol. The van der Waals surface area contributed by atoms with Crippen molar-refractivity contribution in [3.63, 3.8) is 0 Å². The Bertz CT molecular complexity index is 478. The molecule has 0 amide bonds. The Morgan fingerprint density at radius 2 is 1.83 bits per heavy atom. The summed E-state index contributed by atoms with van der Waals surface area (Å²) in [4.78, 5) is 5.84. The lowest BCUT2D eigenvalue weighted by Gasteiger charge is -2.27. The van der Waals surface area contributed by atoms with E-state index in [9.17, 15) is 0 Å². The van der Waals surface area contributed by atoms with Crippen LogP contribution in [0.3, 0.4) is 0 Å². The predicted molar refractivity (Wildman–Crippen MR) is 80.9 cm³/mol. The number of fused-ring (bicyclic) bond motifs is 1. The van der Waals surface area contributed by atoms with Crippen LogP contribution in [0.4, 0.5) is 0 Å². The summed E-state index contributed by atoms with van der Waals surface area (Å²) in [5.41, 5.74) is 2.70. The van der Waals surface area contributed by atoms with E-state index in [-0.39, 0.29) is 24.8 Å². The minimum absolute atomic E-state index is 0. The molecule has 0 saturated carbocycles. The monoisotopic (exact) mass is 287 g/mol. The molecule has 2 aromatic rings. The third kappa shape index (κ3) is 3.18. The number of H-pyrrole nitrogens is 1. The van der Waals surface area contributed by atoms with Gasteiger partial charge in [-0.15, -0.1) is 24.8 Å². The fourth-order valence-corrected chi connectivity index (χ4v) is 2.39. The summed E-state index contributed by atoms with van der Waals surface area (Å²) >= 11 is 0. The molecule has 1 saturated heterocycles. The van der Waals surface area contributed by atoms with E-state index in [0.717, 1.165) is 32.7 Å². The van der Waals surface area contributed by atoms with Crippen molar-refractivity contribution in [1.82, 2.24) is 15.2 Å². The van der Waals surface area contributed by atoms with E-state index in [1.54, 1.807) is 0 Å². The Morgan fingerprint density at radius 3 is 2.61 bits per heavy atom. The Kier molecular flexibility index (Phi) is 5.96. The van der Waals surface area contributed by atoms with Crippen molar-refractivity contribution in [2.24, 2.45) is 0 Å². The Hall–Kier alpha value is -0.740. The first-order chi connectivity index (χ1) is 7.93. The van der Waals surface area contributed by atoms with E-state index in [4.69, 9.17) is 0 Å². The van der Waals surface area contributed by atoms with Crippen LogP contribution < -0.4 is 5.32 Å². The molecule has 0 aliphatic carbocycles. The van der Waals surface area contributed by atoms with Crippen molar-refractivity contribution in [1.29, 1.82) is 0 Å². The number of para-hydroxylation sites is 1. The van der Waals surface area contributed by atoms with Gasteiger partial charge in [0.15, 0.2) is 0 Å². The zero-order valence-electron chi connectivity index (χ0n) is 10.2. The summed E-state index contributed by atoms with van der Waals surface area (Å²) in [5.74, 6) is 0. The minimum Gasteiger partial charge on any atom is -0.361 e. The first-order valence-electron chi connectivity index (χ1n) is 5.91. The van der Waals surface area contributed by atoms with E-state index in [0.29, 0.717) is 0 Å². The van der Waals surface area contributed by atoms with Crippen LogP contribution in [0.5, 0.6) is 0 Å². The van der Waals surface area contributed by atoms with E-state index in [1.807, 2.05) is 6.20 Å². The summed E-state index contributed by atoms with van der Waals surface area (Å²) in [6.45, 7) is 5.58. The van der Waals surface area contributed by atoms with Crippen LogP contribution in [0.15, 0.2) is 30.5 Å². The Labute approximate surface area is 120 Å². The molecule has 0 spiro atoms. The van der Waals surface area contributed by atoms with Gasteiger partial charge >= 0.3 is 0 Å². The van der Waals surface area contributed by atoms with Crippen molar-refractivity contribution in [2.75, 3.05) is 26.2 Å². The highest BCUT2D eigenvalue weighted by Gasteiger charge is 2.11. The smallest absolute Gasteiger partial charge is 0.0499 e. The van der Waals surface area contributed by atoms with Gasteiger partial charge in [-0.2, -0.15) is 0 Å². The number of hydrogen-bond donors (Lipinski definition) is 2. The number of piperazine rings is 1. The quantitative estimate of drug-likeness (QED) is 0.889. The molecule has 1 aliphatic heterocycles. The molecule has 1 aromatic heterocycles. The third-order valence-corrected chi connectivity index (χ3v) is 3.28. The summed E-state index contributed by atoms with van der Waals surface area (Å²) in [6.07, 6.45) is 2.02. The average molecular weight is 288 g/mol. The van der Waals surface area contributed by atoms with Crippen molar-refractivity contribution >= 4 is 35.7 Å². The number of nitrogens with zero attached hydrogens (tertiary/aromatic N) is 1. The highest BCUT2D eigenvalue weighted by atomic mass is 35.5. The third-order valence-electron chi connectivity index (χ3n) is 3.28. The van der Waals surface area contributed by atoms with Crippen LogP contribution in [0, 0.1) is 0 Å². The van der Waals surface area contributed by atoms with Gasteiger partial charge in [-0.3, -0.25) is 4.90 Å². The lowest BCUT2D eigenvalue weighted by Crippen LogP contribution is -2.42. The molecule has 1 fully saturated rings. The van der Waals surface area contributed by atoms with E-state index in [2.05, 4.69) is 39.5 Å². The van der Waals surface area contributed by atoms with Gasteiger partial charge in [-0.25, -0.2) is 0 Å². The van der Waals surface area contributed by atoms with Crippen molar-refractivity contribution in [3.05, 3.63) is 36.0 Å². The molecule has 3 rings (SSSR count). The summed E-state index contributed by atoms with van der Waals surface area (Å²) < 4.78 is 0. The van der Waals surface area contributed by atoms with Crippen LogP contribution in [0.2, 0.25) is 0 Å². The maximum absolute atomic E-state index is 3.38. The van der Waals surface area contributed by atoms with Gasteiger partial charge in [0, 0.05) is 44.4 Å². The Balaban J connectivity index is 0.000000810. The topological polar surface area (TPSA) is 31.1 Å². The number of benzene rings is 1. The van der Waals surface area contributed by atoms with Gasteiger partial charge in [0.25, 0.3) is 0 Å². The minimum atomic E-state index is 0. The number of hydrogen-bond acceptors (Lipinski definition) is 2. The summed E-state index contributed by atoms with van der Waals surface area (Å²) in [5, 5.41) is 4.70. The van der Waals surface area contributed by atoms with Crippen LogP contribution >= 0.6 is 24.8 Å². The second-order valence-electron chi connectivity index (χ2n) is 4.39. The summed E-state index contributed by atoms with van der Waals surface area (Å²) in [7, 11) is 0. The summed E-state index contributed by atoms with van der Waals surface area (Å²) in [6, 6.07) is 8.66. The molecule has 2 heterocycles. The number of aromatic amines is 1. The molecule has 0 radical (unpaired) electrons. The van der Waals surface area contributed by atoms with Gasteiger partial charge in [0.05, 0.1) is 0 Å². The SMILES string of the molecule is Cl.Cl.c1cc(CN2CCNCC2)c2[nH]ccc2c1.